The molecule has 0 bridgehead atoms. The second-order valence-electron chi connectivity index (χ2n) is 9.65. The highest BCUT2D eigenvalue weighted by molar-refractivity contribution is 7.89. The minimum atomic E-state index is -4.00. The molecule has 0 amide bonds. The molecule has 0 saturated carbocycles. The Morgan fingerprint density at radius 3 is 2.36 bits per heavy atom. The molecule has 0 radical (unpaired) electrons. The van der Waals surface area contributed by atoms with Crippen LogP contribution in [0.3, 0.4) is 0 Å². The average molecular weight is 568 g/mol. The fourth-order valence-electron chi connectivity index (χ4n) is 4.23. The van der Waals surface area contributed by atoms with Gasteiger partial charge < -0.3 is 9.15 Å². The summed E-state index contributed by atoms with van der Waals surface area (Å²) in [5, 5.41) is 0.742. The van der Waals surface area contributed by atoms with E-state index in [1.165, 1.54) is 18.2 Å². The normalized spacial score (nSPS) is 13.3. The molecule has 1 aromatic heterocycles. The van der Waals surface area contributed by atoms with Crippen LogP contribution < -0.4 is 15.1 Å². The Balaban J connectivity index is 1.63. The molecule has 0 spiro atoms. The number of ether oxygens (including phenoxy) is 1. The van der Waals surface area contributed by atoms with Crippen LogP contribution in [-0.4, -0.2) is 20.4 Å². The molecule has 0 fully saturated rings. The molecule has 4 rings (SSSR count). The number of esters is 1. The Bertz CT molecular complexity index is 1660. The number of carbonyl (C=O) groups excluding carboxylic acids is 1. The fourth-order valence-corrected chi connectivity index (χ4v) is 5.72. The van der Waals surface area contributed by atoms with Crippen molar-refractivity contribution in [3.8, 4) is 5.75 Å². The summed E-state index contributed by atoms with van der Waals surface area (Å²) in [6.45, 7) is 7.27. The summed E-state index contributed by atoms with van der Waals surface area (Å²) >= 11 is 6.50. The number of rotatable bonds is 9. The first kappa shape index (κ1) is 28.5. The predicted molar refractivity (Wildman–Crippen MR) is 152 cm³/mol. The van der Waals surface area contributed by atoms with Crippen molar-refractivity contribution in [2.75, 3.05) is 0 Å². The number of fused-ring (bicyclic) bond motifs is 1. The van der Waals surface area contributed by atoms with E-state index in [9.17, 15) is 18.0 Å². The van der Waals surface area contributed by atoms with Crippen molar-refractivity contribution in [1.29, 1.82) is 0 Å². The lowest BCUT2D eigenvalue weighted by atomic mass is 9.99. The van der Waals surface area contributed by atoms with Gasteiger partial charge in [0.1, 0.15) is 11.6 Å². The molecule has 0 aliphatic rings. The molecular formula is C30H30ClNO6S. The van der Waals surface area contributed by atoms with Gasteiger partial charge in [-0.25, -0.2) is 18.0 Å². The van der Waals surface area contributed by atoms with Crippen LogP contribution in [0.15, 0.2) is 80.8 Å². The van der Waals surface area contributed by atoms with Crippen molar-refractivity contribution in [2.24, 2.45) is 5.92 Å². The van der Waals surface area contributed by atoms with Crippen molar-refractivity contribution in [3.05, 3.63) is 104 Å². The first-order chi connectivity index (χ1) is 18.5. The van der Waals surface area contributed by atoms with E-state index < -0.39 is 27.7 Å². The Hall–Kier alpha value is -3.46. The summed E-state index contributed by atoms with van der Waals surface area (Å²) in [7, 11) is -4.00. The minimum absolute atomic E-state index is 0.0321. The van der Waals surface area contributed by atoms with Crippen LogP contribution in [0.5, 0.6) is 5.75 Å². The highest BCUT2D eigenvalue weighted by Gasteiger charge is 2.32. The van der Waals surface area contributed by atoms with Gasteiger partial charge >= 0.3 is 11.6 Å². The minimum Gasteiger partial charge on any atom is -0.424 e. The van der Waals surface area contributed by atoms with Crippen LogP contribution in [0.4, 0.5) is 0 Å². The summed E-state index contributed by atoms with van der Waals surface area (Å²) < 4.78 is 39.7. The van der Waals surface area contributed by atoms with E-state index in [4.69, 9.17) is 20.8 Å². The lowest BCUT2D eigenvalue weighted by Gasteiger charge is -2.23. The van der Waals surface area contributed by atoms with E-state index >= 15 is 0 Å². The highest BCUT2D eigenvalue weighted by atomic mass is 35.5. The zero-order chi connectivity index (χ0) is 28.3. The summed E-state index contributed by atoms with van der Waals surface area (Å²) in [5.74, 6) is -1.23. The molecule has 1 heterocycles. The monoisotopic (exact) mass is 567 g/mol. The highest BCUT2D eigenvalue weighted by Crippen LogP contribution is 2.33. The molecule has 4 aromatic rings. The summed E-state index contributed by atoms with van der Waals surface area (Å²) in [6.07, 6.45) is 0.914. The molecule has 2 atom stereocenters. The van der Waals surface area contributed by atoms with Crippen molar-refractivity contribution in [1.82, 2.24) is 4.72 Å². The van der Waals surface area contributed by atoms with E-state index in [2.05, 4.69) is 4.72 Å². The maximum Gasteiger partial charge on any atom is 0.340 e. The van der Waals surface area contributed by atoms with Crippen LogP contribution in [0.25, 0.3) is 11.0 Å². The Morgan fingerprint density at radius 1 is 1.05 bits per heavy atom. The summed E-state index contributed by atoms with van der Waals surface area (Å²) in [4.78, 5) is 26.1. The number of hydrogen-bond acceptors (Lipinski definition) is 6. The van der Waals surface area contributed by atoms with E-state index in [1.807, 2.05) is 51.1 Å². The molecular weight excluding hydrogens is 538 g/mol. The van der Waals surface area contributed by atoms with Crippen LogP contribution in [-0.2, 0) is 21.2 Å². The fraction of sp³-hybridized carbons (Fsp3) is 0.267. The third-order valence-corrected chi connectivity index (χ3v) is 8.61. The molecule has 0 aliphatic heterocycles. The third kappa shape index (κ3) is 6.41. The maximum atomic E-state index is 13.3. The first-order valence-corrected chi connectivity index (χ1v) is 14.5. The van der Waals surface area contributed by atoms with Crippen molar-refractivity contribution >= 4 is 38.6 Å². The molecule has 9 heteroatoms. The number of nitrogens with one attached hydrogen (secondary N) is 1. The lowest BCUT2D eigenvalue weighted by Crippen LogP contribution is -2.46. The summed E-state index contributed by atoms with van der Waals surface area (Å²) in [5.41, 5.74) is 2.82. The van der Waals surface area contributed by atoms with Gasteiger partial charge in [0.2, 0.25) is 10.0 Å². The van der Waals surface area contributed by atoms with E-state index in [0.29, 0.717) is 29.4 Å². The number of aryl methyl sites for hydroxylation is 2. The number of benzene rings is 3. The van der Waals surface area contributed by atoms with Gasteiger partial charge in [-0.3, -0.25) is 0 Å². The zero-order valence-electron chi connectivity index (χ0n) is 22.2. The molecule has 0 unspecified atom stereocenters. The van der Waals surface area contributed by atoms with Gasteiger partial charge in [0.25, 0.3) is 0 Å². The van der Waals surface area contributed by atoms with Gasteiger partial charge in [0.05, 0.1) is 9.92 Å². The van der Waals surface area contributed by atoms with Crippen molar-refractivity contribution in [3.63, 3.8) is 0 Å². The maximum absolute atomic E-state index is 13.3. The van der Waals surface area contributed by atoms with Gasteiger partial charge in [-0.1, -0.05) is 79.9 Å². The topological polar surface area (TPSA) is 103 Å². The Labute approximate surface area is 232 Å². The molecule has 0 aliphatic carbocycles. The van der Waals surface area contributed by atoms with Crippen LogP contribution in [0.2, 0.25) is 5.02 Å². The van der Waals surface area contributed by atoms with Gasteiger partial charge in [-0.15, -0.1) is 0 Å². The molecule has 0 saturated heterocycles. The quantitative estimate of drug-likeness (QED) is 0.152. The first-order valence-electron chi connectivity index (χ1n) is 12.6. The van der Waals surface area contributed by atoms with Crippen molar-refractivity contribution in [2.45, 2.75) is 51.5 Å². The van der Waals surface area contributed by atoms with E-state index in [-0.39, 0.29) is 27.2 Å². The smallest absolute Gasteiger partial charge is 0.340 e. The SMILES string of the molecule is CC[C@H](C)[C@@H](NS(=O)(=O)c1ccc(C)cc1)C(=O)Oc1cc2oc(=O)c(Cc3ccccc3)c(C)c2cc1Cl. The second-order valence-corrected chi connectivity index (χ2v) is 11.8. The summed E-state index contributed by atoms with van der Waals surface area (Å²) in [6, 6.07) is 17.7. The van der Waals surface area contributed by atoms with Gasteiger partial charge in [-0.2, -0.15) is 4.72 Å². The van der Waals surface area contributed by atoms with Crippen LogP contribution in [0, 0.1) is 19.8 Å². The van der Waals surface area contributed by atoms with Crippen LogP contribution in [0.1, 0.15) is 42.5 Å². The molecule has 1 N–H and O–H groups in total. The van der Waals surface area contributed by atoms with Crippen LogP contribution >= 0.6 is 11.6 Å². The standard InChI is InChI=1S/C30H30ClNO6S/c1-5-19(3)28(32-39(35,36)22-13-11-18(2)12-14-22)30(34)38-27-17-26-23(16-25(27)31)20(4)24(29(33)37-26)15-21-9-7-6-8-10-21/h6-14,16-17,19,28,32H,5,15H2,1-4H3/t19-,28+/m0/s1. The molecule has 204 valence electrons. The number of carbonyl (C=O) groups is 1. The number of hydrogen-bond donors (Lipinski definition) is 1. The third-order valence-electron chi connectivity index (χ3n) is 6.85. The predicted octanol–water partition coefficient (Wildman–Crippen LogP) is 5.95. The zero-order valence-corrected chi connectivity index (χ0v) is 23.7. The number of sulfonamides is 1. The van der Waals surface area contributed by atoms with E-state index in [0.717, 1.165) is 11.1 Å². The average Bonchev–Trinajstić information content (AvgIpc) is 2.91. The van der Waals surface area contributed by atoms with Gasteiger partial charge in [0.15, 0.2) is 5.75 Å². The lowest BCUT2D eigenvalue weighted by molar-refractivity contribution is -0.137. The number of halogens is 1. The van der Waals surface area contributed by atoms with Gasteiger partial charge in [-0.05, 0) is 49.1 Å². The molecule has 39 heavy (non-hydrogen) atoms. The largest absolute Gasteiger partial charge is 0.424 e. The van der Waals surface area contributed by atoms with Gasteiger partial charge in [0, 0.05) is 23.4 Å². The Kier molecular flexibility index (Phi) is 8.59. The van der Waals surface area contributed by atoms with Crippen molar-refractivity contribution < 1.29 is 22.4 Å². The second kappa shape index (κ2) is 11.7. The molecule has 7 nitrogen and oxygen atoms in total. The van der Waals surface area contributed by atoms with E-state index in [1.54, 1.807) is 25.1 Å². The Morgan fingerprint density at radius 2 is 1.72 bits per heavy atom. The molecule has 3 aromatic carbocycles.